The van der Waals surface area contributed by atoms with E-state index in [9.17, 15) is 15.0 Å². The normalized spacial score (nSPS) is 27.9. The van der Waals surface area contributed by atoms with E-state index in [-0.39, 0.29) is 6.10 Å². The number of hydrogen-bond donors (Lipinski definition) is 2. The van der Waals surface area contributed by atoms with Crippen molar-refractivity contribution in [3.05, 3.63) is 30.1 Å². The molecule has 0 amide bonds. The van der Waals surface area contributed by atoms with Gasteiger partial charge >= 0.3 is 5.97 Å². The first kappa shape index (κ1) is 13.0. The Hall–Kier alpha value is -1.42. The number of aliphatic hydroxyl groups excluding tert-OH is 1. The van der Waals surface area contributed by atoms with E-state index in [1.807, 2.05) is 12.1 Å². The lowest BCUT2D eigenvalue weighted by atomic mass is 9.70. The van der Waals surface area contributed by atoms with Crippen LogP contribution in [-0.2, 0) is 11.2 Å². The maximum absolute atomic E-state index is 11.5. The molecular formula is C14H19NO3. The van der Waals surface area contributed by atoms with E-state index in [4.69, 9.17) is 0 Å². The van der Waals surface area contributed by atoms with E-state index in [1.54, 1.807) is 12.4 Å². The standard InChI is InChI=1S/C14H19NO3/c16-12-2-7-14(8-3-12,13(17)18)6-1-11-4-9-15-10-5-11/h4-5,9-10,12,16H,1-3,6-8H2,(H,17,18). The van der Waals surface area contributed by atoms with Crippen LogP contribution in [0, 0.1) is 5.41 Å². The second-order valence-corrected chi connectivity index (χ2v) is 5.17. The molecule has 1 aliphatic carbocycles. The van der Waals surface area contributed by atoms with Gasteiger partial charge in [0.2, 0.25) is 0 Å². The molecule has 0 radical (unpaired) electrons. The number of aliphatic hydroxyl groups is 1. The van der Waals surface area contributed by atoms with Crippen LogP contribution in [0.4, 0.5) is 0 Å². The molecule has 0 unspecified atom stereocenters. The summed E-state index contributed by atoms with van der Waals surface area (Å²) in [5, 5.41) is 19.0. The number of hydrogen-bond acceptors (Lipinski definition) is 3. The van der Waals surface area contributed by atoms with Crippen molar-refractivity contribution in [3.63, 3.8) is 0 Å². The van der Waals surface area contributed by atoms with Crippen LogP contribution < -0.4 is 0 Å². The summed E-state index contributed by atoms with van der Waals surface area (Å²) >= 11 is 0. The molecule has 0 aromatic carbocycles. The van der Waals surface area contributed by atoms with Crippen LogP contribution in [0.3, 0.4) is 0 Å². The van der Waals surface area contributed by atoms with Gasteiger partial charge in [-0.2, -0.15) is 0 Å². The second-order valence-electron chi connectivity index (χ2n) is 5.17. The predicted octanol–water partition coefficient (Wildman–Crippen LogP) is 2.02. The first-order chi connectivity index (χ1) is 8.62. The molecule has 0 saturated heterocycles. The molecular weight excluding hydrogens is 230 g/mol. The molecule has 1 aromatic heterocycles. The Morgan fingerprint density at radius 2 is 1.94 bits per heavy atom. The molecule has 1 fully saturated rings. The molecule has 2 N–H and O–H groups in total. The number of aryl methyl sites for hydroxylation is 1. The number of aliphatic carboxylic acids is 1. The molecule has 1 aromatic rings. The average molecular weight is 249 g/mol. The van der Waals surface area contributed by atoms with Crippen molar-refractivity contribution in [3.8, 4) is 0 Å². The van der Waals surface area contributed by atoms with Crippen molar-refractivity contribution in [2.45, 2.75) is 44.6 Å². The van der Waals surface area contributed by atoms with Crippen molar-refractivity contribution in [1.82, 2.24) is 4.98 Å². The molecule has 0 atom stereocenters. The minimum absolute atomic E-state index is 0.321. The molecule has 18 heavy (non-hydrogen) atoms. The van der Waals surface area contributed by atoms with Gasteiger partial charge in [0.05, 0.1) is 11.5 Å². The topological polar surface area (TPSA) is 70.4 Å². The predicted molar refractivity (Wildman–Crippen MR) is 67.1 cm³/mol. The zero-order valence-electron chi connectivity index (χ0n) is 10.4. The summed E-state index contributed by atoms with van der Waals surface area (Å²) in [6, 6.07) is 3.85. The van der Waals surface area contributed by atoms with E-state index in [1.165, 1.54) is 0 Å². The van der Waals surface area contributed by atoms with Crippen LogP contribution >= 0.6 is 0 Å². The quantitative estimate of drug-likeness (QED) is 0.856. The highest BCUT2D eigenvalue weighted by molar-refractivity contribution is 5.74. The van der Waals surface area contributed by atoms with E-state index in [0.717, 1.165) is 12.0 Å². The van der Waals surface area contributed by atoms with Gasteiger partial charge in [0.1, 0.15) is 0 Å². The summed E-state index contributed by atoms with van der Waals surface area (Å²) in [7, 11) is 0. The lowest BCUT2D eigenvalue weighted by Gasteiger charge is -2.35. The van der Waals surface area contributed by atoms with Crippen molar-refractivity contribution in [2.75, 3.05) is 0 Å². The van der Waals surface area contributed by atoms with E-state index < -0.39 is 11.4 Å². The minimum atomic E-state index is -0.719. The number of pyridine rings is 1. The highest BCUT2D eigenvalue weighted by Gasteiger charge is 2.41. The average Bonchev–Trinajstić information content (AvgIpc) is 2.39. The summed E-state index contributed by atoms with van der Waals surface area (Å²) in [4.78, 5) is 15.5. The molecule has 1 saturated carbocycles. The van der Waals surface area contributed by atoms with Crippen LogP contribution in [-0.4, -0.2) is 27.3 Å². The highest BCUT2D eigenvalue weighted by atomic mass is 16.4. The lowest BCUT2D eigenvalue weighted by Crippen LogP contribution is -2.37. The molecule has 4 nitrogen and oxygen atoms in total. The largest absolute Gasteiger partial charge is 0.481 e. The van der Waals surface area contributed by atoms with Crippen LogP contribution in [0.1, 0.15) is 37.7 Å². The number of aromatic nitrogens is 1. The third-order valence-corrected chi connectivity index (χ3v) is 4.01. The van der Waals surface area contributed by atoms with Gasteiger partial charge in [0, 0.05) is 12.4 Å². The maximum atomic E-state index is 11.5. The Morgan fingerprint density at radius 3 is 2.50 bits per heavy atom. The minimum Gasteiger partial charge on any atom is -0.481 e. The summed E-state index contributed by atoms with van der Waals surface area (Å²) in [6.07, 6.45) is 6.89. The van der Waals surface area contributed by atoms with Crippen molar-refractivity contribution < 1.29 is 15.0 Å². The first-order valence-electron chi connectivity index (χ1n) is 6.43. The Kier molecular flexibility index (Phi) is 3.97. The van der Waals surface area contributed by atoms with Crippen molar-refractivity contribution in [2.24, 2.45) is 5.41 Å². The number of carboxylic acid groups (broad SMARTS) is 1. The number of nitrogens with zero attached hydrogens (tertiary/aromatic N) is 1. The molecule has 0 aliphatic heterocycles. The molecule has 0 spiro atoms. The van der Waals surface area contributed by atoms with Crippen molar-refractivity contribution >= 4 is 5.97 Å². The lowest BCUT2D eigenvalue weighted by molar-refractivity contribution is -0.152. The molecule has 1 aliphatic rings. The molecule has 4 heteroatoms. The summed E-state index contributed by atoms with van der Waals surface area (Å²) in [6.45, 7) is 0. The zero-order chi connectivity index (χ0) is 13.0. The maximum Gasteiger partial charge on any atom is 0.309 e. The van der Waals surface area contributed by atoms with Gasteiger partial charge in [-0.15, -0.1) is 0 Å². The Morgan fingerprint density at radius 1 is 1.33 bits per heavy atom. The van der Waals surface area contributed by atoms with Gasteiger partial charge in [0.25, 0.3) is 0 Å². The van der Waals surface area contributed by atoms with Gasteiger partial charge in [-0.25, -0.2) is 0 Å². The third-order valence-electron chi connectivity index (χ3n) is 4.01. The van der Waals surface area contributed by atoms with Crippen LogP contribution in [0.5, 0.6) is 0 Å². The van der Waals surface area contributed by atoms with E-state index in [2.05, 4.69) is 4.98 Å². The molecule has 1 heterocycles. The first-order valence-corrected chi connectivity index (χ1v) is 6.43. The van der Waals surface area contributed by atoms with Gasteiger partial charge in [-0.3, -0.25) is 9.78 Å². The summed E-state index contributed by atoms with van der Waals surface area (Å²) in [5.41, 5.74) is 0.472. The van der Waals surface area contributed by atoms with E-state index >= 15 is 0 Å². The number of carboxylic acids is 1. The van der Waals surface area contributed by atoms with Crippen LogP contribution in [0.25, 0.3) is 0 Å². The fourth-order valence-electron chi connectivity index (χ4n) is 2.66. The van der Waals surface area contributed by atoms with Gasteiger partial charge in [0.15, 0.2) is 0 Å². The van der Waals surface area contributed by atoms with E-state index in [0.29, 0.717) is 32.1 Å². The zero-order valence-corrected chi connectivity index (χ0v) is 10.4. The SMILES string of the molecule is O=C(O)C1(CCc2ccncc2)CCC(O)CC1. The molecule has 98 valence electrons. The fraction of sp³-hybridized carbons (Fsp3) is 0.571. The Labute approximate surface area is 107 Å². The van der Waals surface area contributed by atoms with Gasteiger partial charge < -0.3 is 10.2 Å². The summed E-state index contributed by atoms with van der Waals surface area (Å²) in [5.74, 6) is -0.719. The number of rotatable bonds is 4. The van der Waals surface area contributed by atoms with Crippen LogP contribution in [0.15, 0.2) is 24.5 Å². The Balaban J connectivity index is 2.01. The molecule has 0 bridgehead atoms. The highest BCUT2D eigenvalue weighted by Crippen LogP contribution is 2.40. The summed E-state index contributed by atoms with van der Waals surface area (Å²) < 4.78 is 0. The monoisotopic (exact) mass is 249 g/mol. The van der Waals surface area contributed by atoms with Gasteiger partial charge in [-0.05, 0) is 56.2 Å². The number of carbonyl (C=O) groups is 1. The second kappa shape index (κ2) is 5.48. The third kappa shape index (κ3) is 2.88. The van der Waals surface area contributed by atoms with Crippen LogP contribution in [0.2, 0.25) is 0 Å². The Bertz CT molecular complexity index is 397. The molecule has 2 rings (SSSR count). The fourth-order valence-corrected chi connectivity index (χ4v) is 2.66. The van der Waals surface area contributed by atoms with Gasteiger partial charge in [-0.1, -0.05) is 0 Å². The van der Waals surface area contributed by atoms with Crippen molar-refractivity contribution in [1.29, 1.82) is 0 Å². The smallest absolute Gasteiger partial charge is 0.309 e.